The number of carbonyl (C=O) groups is 1. The number of anilines is 1. The van der Waals surface area contributed by atoms with Gasteiger partial charge in [0.2, 0.25) is 0 Å². The van der Waals surface area contributed by atoms with Gasteiger partial charge in [0.05, 0.1) is 16.6 Å². The fourth-order valence-electron chi connectivity index (χ4n) is 2.98. The van der Waals surface area contributed by atoms with Gasteiger partial charge in [-0.15, -0.1) is 0 Å². The van der Waals surface area contributed by atoms with E-state index in [0.717, 1.165) is 24.3 Å². The molecule has 0 radical (unpaired) electrons. The van der Waals surface area contributed by atoms with Crippen molar-refractivity contribution < 1.29 is 14.6 Å². The highest BCUT2D eigenvalue weighted by Crippen LogP contribution is 2.36. The van der Waals surface area contributed by atoms with Gasteiger partial charge in [-0.3, -0.25) is 0 Å². The first-order chi connectivity index (χ1) is 13.4. The molecule has 0 spiro atoms. The molecular formula is C20H17Cl2N3O3. The minimum atomic E-state index is -1.26. The Morgan fingerprint density at radius 1 is 1.39 bits per heavy atom. The number of carboxylic acid groups (broad SMARTS) is 1. The van der Waals surface area contributed by atoms with Crippen LogP contribution in [0.1, 0.15) is 17.5 Å². The molecule has 8 heteroatoms. The molecule has 3 rings (SSSR count). The molecular weight excluding hydrogens is 401 g/mol. The van der Waals surface area contributed by atoms with Crippen molar-refractivity contribution in [2.24, 2.45) is 0 Å². The highest BCUT2D eigenvalue weighted by Gasteiger charge is 2.26. The molecule has 144 valence electrons. The van der Waals surface area contributed by atoms with Crippen molar-refractivity contribution in [3.63, 3.8) is 0 Å². The lowest BCUT2D eigenvalue weighted by Crippen LogP contribution is -2.25. The number of ether oxygens (including phenoxy) is 1. The summed E-state index contributed by atoms with van der Waals surface area (Å²) in [4.78, 5) is 17.3. The number of rotatable bonds is 5. The van der Waals surface area contributed by atoms with Crippen LogP contribution >= 0.6 is 23.2 Å². The van der Waals surface area contributed by atoms with Crippen LogP contribution in [0.2, 0.25) is 10.0 Å². The minimum Gasteiger partial charge on any atom is -0.485 e. The Balaban J connectivity index is 1.68. The second-order valence-electron chi connectivity index (χ2n) is 6.46. The maximum absolute atomic E-state index is 10.9. The van der Waals surface area contributed by atoms with Gasteiger partial charge in [-0.05, 0) is 48.4 Å². The number of hydrogen-bond acceptors (Lipinski definition) is 5. The first-order valence-corrected chi connectivity index (χ1v) is 9.31. The molecule has 0 amide bonds. The van der Waals surface area contributed by atoms with Gasteiger partial charge >= 0.3 is 5.97 Å². The van der Waals surface area contributed by atoms with E-state index in [9.17, 15) is 4.79 Å². The normalized spacial score (nSPS) is 16.7. The minimum absolute atomic E-state index is 0.0729. The van der Waals surface area contributed by atoms with Crippen LogP contribution in [0, 0.1) is 18.3 Å². The zero-order chi connectivity index (χ0) is 20.3. The van der Waals surface area contributed by atoms with Crippen LogP contribution in [0.4, 0.5) is 5.82 Å². The number of nitrogens with zero attached hydrogens (tertiary/aromatic N) is 3. The number of aliphatic carboxylic acids is 1. The Morgan fingerprint density at radius 2 is 2.11 bits per heavy atom. The van der Waals surface area contributed by atoms with Crippen molar-refractivity contribution in [3.8, 4) is 11.8 Å². The molecule has 0 aliphatic carbocycles. The Hall–Kier alpha value is -2.75. The topological polar surface area (TPSA) is 86.5 Å². The number of benzene rings is 1. The maximum Gasteiger partial charge on any atom is 0.346 e. The predicted molar refractivity (Wildman–Crippen MR) is 108 cm³/mol. The number of pyridine rings is 1. The summed E-state index contributed by atoms with van der Waals surface area (Å²) in [5, 5.41) is 18.7. The molecule has 2 heterocycles. The Kier molecular flexibility index (Phi) is 6.08. The number of aromatic nitrogens is 1. The van der Waals surface area contributed by atoms with Crippen molar-refractivity contribution >= 4 is 41.1 Å². The van der Waals surface area contributed by atoms with Gasteiger partial charge in [-0.1, -0.05) is 23.2 Å². The van der Waals surface area contributed by atoms with Crippen molar-refractivity contribution in [1.82, 2.24) is 4.98 Å². The molecule has 1 saturated heterocycles. The Labute approximate surface area is 172 Å². The third-order valence-electron chi connectivity index (χ3n) is 4.33. The fourth-order valence-corrected chi connectivity index (χ4v) is 3.66. The number of aryl methyl sites for hydroxylation is 1. The SMILES string of the molecule is Cc1cc(Cl)c(O[C@H]2CCN(c3ccc(C=C(C#N)C(=O)O)cn3)C2)c(Cl)c1. The van der Waals surface area contributed by atoms with E-state index < -0.39 is 5.97 Å². The summed E-state index contributed by atoms with van der Waals surface area (Å²) < 4.78 is 6.02. The van der Waals surface area contributed by atoms with E-state index >= 15 is 0 Å². The van der Waals surface area contributed by atoms with Crippen LogP contribution in [0.5, 0.6) is 5.75 Å². The maximum atomic E-state index is 10.9. The van der Waals surface area contributed by atoms with Gasteiger partial charge in [-0.2, -0.15) is 5.26 Å². The molecule has 2 aromatic rings. The zero-order valence-corrected chi connectivity index (χ0v) is 16.5. The molecule has 0 saturated carbocycles. The van der Waals surface area contributed by atoms with E-state index in [1.165, 1.54) is 12.3 Å². The molecule has 28 heavy (non-hydrogen) atoms. The van der Waals surface area contributed by atoms with E-state index in [0.29, 0.717) is 27.9 Å². The summed E-state index contributed by atoms with van der Waals surface area (Å²) in [6.45, 7) is 3.30. The summed E-state index contributed by atoms with van der Waals surface area (Å²) >= 11 is 12.5. The fraction of sp³-hybridized carbons (Fsp3) is 0.250. The second kappa shape index (κ2) is 8.51. The van der Waals surface area contributed by atoms with Crippen LogP contribution < -0.4 is 9.64 Å². The molecule has 1 N–H and O–H groups in total. The van der Waals surface area contributed by atoms with Gasteiger partial charge in [0.25, 0.3) is 0 Å². The summed E-state index contributed by atoms with van der Waals surface area (Å²) in [6, 6.07) is 8.79. The number of carboxylic acids is 1. The number of hydrogen-bond donors (Lipinski definition) is 1. The van der Waals surface area contributed by atoms with Crippen LogP contribution in [0.25, 0.3) is 6.08 Å². The Bertz CT molecular complexity index is 945. The monoisotopic (exact) mass is 417 g/mol. The van der Waals surface area contributed by atoms with E-state index in [1.807, 2.05) is 19.1 Å². The molecule has 6 nitrogen and oxygen atoms in total. The average Bonchev–Trinajstić information content (AvgIpc) is 3.11. The lowest BCUT2D eigenvalue weighted by molar-refractivity contribution is -0.132. The van der Waals surface area contributed by atoms with Gasteiger partial charge in [0, 0.05) is 19.2 Å². The zero-order valence-electron chi connectivity index (χ0n) is 15.0. The predicted octanol–water partition coefficient (Wildman–Crippen LogP) is 4.35. The third-order valence-corrected chi connectivity index (χ3v) is 4.89. The van der Waals surface area contributed by atoms with E-state index in [2.05, 4.69) is 9.88 Å². The smallest absolute Gasteiger partial charge is 0.346 e. The van der Waals surface area contributed by atoms with Gasteiger partial charge in [0.15, 0.2) is 5.75 Å². The van der Waals surface area contributed by atoms with Crippen LogP contribution in [0.15, 0.2) is 36.0 Å². The Morgan fingerprint density at radius 3 is 2.68 bits per heavy atom. The standard InChI is InChI=1S/C20H17Cl2N3O3/c1-12-6-16(21)19(17(22)7-12)28-15-4-5-25(11-15)18-3-2-13(10-24-18)8-14(9-23)20(26)27/h2-3,6-8,10,15H,4-5,11H2,1H3,(H,26,27)/t15-/m0/s1. The molecule has 0 unspecified atom stereocenters. The summed E-state index contributed by atoms with van der Waals surface area (Å²) in [5.74, 6) is -0.0235. The van der Waals surface area contributed by atoms with Gasteiger partial charge < -0.3 is 14.7 Å². The molecule has 1 atom stereocenters. The largest absolute Gasteiger partial charge is 0.485 e. The van der Waals surface area contributed by atoms with Crippen molar-refractivity contribution in [3.05, 3.63) is 57.2 Å². The highest BCUT2D eigenvalue weighted by atomic mass is 35.5. The summed E-state index contributed by atoms with van der Waals surface area (Å²) in [7, 11) is 0. The molecule has 1 aromatic heterocycles. The quantitative estimate of drug-likeness (QED) is 0.574. The van der Waals surface area contributed by atoms with Gasteiger partial charge in [0.1, 0.15) is 23.6 Å². The van der Waals surface area contributed by atoms with Crippen LogP contribution in [-0.2, 0) is 4.79 Å². The van der Waals surface area contributed by atoms with Crippen molar-refractivity contribution in [1.29, 1.82) is 5.26 Å². The molecule has 0 bridgehead atoms. The summed E-state index contributed by atoms with van der Waals surface area (Å²) in [5.41, 5.74) is 1.18. The molecule has 1 aliphatic rings. The highest BCUT2D eigenvalue weighted by molar-refractivity contribution is 6.37. The first kappa shape index (κ1) is 20.0. The lowest BCUT2D eigenvalue weighted by Gasteiger charge is -2.19. The number of halogens is 2. The molecule has 1 aromatic carbocycles. The summed E-state index contributed by atoms with van der Waals surface area (Å²) in [6.07, 6.45) is 3.55. The van der Waals surface area contributed by atoms with Gasteiger partial charge in [-0.25, -0.2) is 9.78 Å². The number of nitriles is 1. The van der Waals surface area contributed by atoms with E-state index in [1.54, 1.807) is 18.2 Å². The second-order valence-corrected chi connectivity index (χ2v) is 7.27. The lowest BCUT2D eigenvalue weighted by atomic mass is 10.2. The van der Waals surface area contributed by atoms with Crippen LogP contribution in [0.3, 0.4) is 0 Å². The van der Waals surface area contributed by atoms with Crippen LogP contribution in [-0.4, -0.2) is 35.3 Å². The molecule has 1 fully saturated rings. The van der Waals surface area contributed by atoms with Crippen molar-refractivity contribution in [2.75, 3.05) is 18.0 Å². The molecule has 1 aliphatic heterocycles. The third kappa shape index (κ3) is 4.56. The van der Waals surface area contributed by atoms with Crippen molar-refractivity contribution in [2.45, 2.75) is 19.4 Å². The van der Waals surface area contributed by atoms with E-state index in [4.69, 9.17) is 38.3 Å². The first-order valence-electron chi connectivity index (χ1n) is 8.55. The van der Waals surface area contributed by atoms with E-state index in [-0.39, 0.29) is 11.7 Å². The average molecular weight is 418 g/mol.